The van der Waals surface area contributed by atoms with Gasteiger partial charge < -0.3 is 15.5 Å². The number of hydrogen-bond donors (Lipinski definition) is 2. The second kappa shape index (κ2) is 10.8. The average molecular weight is 500 g/mol. The molecule has 188 valence electrons. The van der Waals surface area contributed by atoms with Gasteiger partial charge in [-0.1, -0.05) is 56.0 Å². The van der Waals surface area contributed by atoms with Crippen molar-refractivity contribution in [3.8, 4) is 0 Å². The van der Waals surface area contributed by atoms with Gasteiger partial charge in [-0.25, -0.2) is 0 Å². The molecular formula is C26H34ClN5O3. The largest absolute Gasteiger partial charge is 0.351 e. The van der Waals surface area contributed by atoms with Crippen LogP contribution in [0.3, 0.4) is 0 Å². The molecule has 2 N–H and O–H groups in total. The SMILES string of the molecule is CCCCN1C(=O)c2cc(C(=O)NCCc3ccccc3Cl)nn2C[C@@]1(C)C(=O)NC1CCCC1. The fourth-order valence-corrected chi connectivity index (χ4v) is 5.16. The number of rotatable bonds is 9. The molecule has 1 aromatic carbocycles. The Morgan fingerprint density at radius 2 is 1.97 bits per heavy atom. The first-order valence-corrected chi connectivity index (χ1v) is 12.9. The van der Waals surface area contributed by atoms with Crippen LogP contribution in [0.2, 0.25) is 5.02 Å². The van der Waals surface area contributed by atoms with Crippen molar-refractivity contribution in [1.29, 1.82) is 0 Å². The summed E-state index contributed by atoms with van der Waals surface area (Å²) in [4.78, 5) is 41.4. The molecular weight excluding hydrogens is 466 g/mol. The fraction of sp³-hybridized carbons (Fsp3) is 0.538. The Balaban J connectivity index is 1.49. The van der Waals surface area contributed by atoms with Gasteiger partial charge in [-0.2, -0.15) is 5.10 Å². The van der Waals surface area contributed by atoms with Crippen LogP contribution in [0.4, 0.5) is 0 Å². The van der Waals surface area contributed by atoms with Crippen molar-refractivity contribution >= 4 is 29.3 Å². The van der Waals surface area contributed by atoms with Crippen molar-refractivity contribution in [2.75, 3.05) is 13.1 Å². The van der Waals surface area contributed by atoms with Crippen LogP contribution in [-0.4, -0.2) is 57.1 Å². The van der Waals surface area contributed by atoms with Gasteiger partial charge in [0.15, 0.2) is 5.69 Å². The Hall–Kier alpha value is -2.87. The highest BCUT2D eigenvalue weighted by Gasteiger charge is 2.48. The zero-order chi connectivity index (χ0) is 25.0. The van der Waals surface area contributed by atoms with Gasteiger partial charge in [0.2, 0.25) is 5.91 Å². The van der Waals surface area contributed by atoms with E-state index in [1.807, 2.05) is 24.3 Å². The predicted molar refractivity (Wildman–Crippen MR) is 134 cm³/mol. The molecule has 0 spiro atoms. The summed E-state index contributed by atoms with van der Waals surface area (Å²) in [5.41, 5.74) is 0.391. The third-order valence-electron chi connectivity index (χ3n) is 7.08. The molecule has 1 aromatic heterocycles. The highest BCUT2D eigenvalue weighted by Crippen LogP contribution is 2.29. The standard InChI is InChI=1S/C26H34ClN5O3/c1-3-4-15-31-24(34)22-16-21(23(33)28-14-13-18-9-5-8-12-20(18)27)30-32(22)17-26(31,2)25(35)29-19-10-6-7-11-19/h5,8-9,12,16,19H,3-4,6-7,10-11,13-15,17H2,1-2H3,(H,28,33)(H,29,35)/t26-/m0/s1. The summed E-state index contributed by atoms with van der Waals surface area (Å²) < 4.78 is 1.52. The first-order valence-electron chi connectivity index (χ1n) is 12.6. The molecule has 1 fully saturated rings. The minimum atomic E-state index is -1.06. The molecule has 1 atom stereocenters. The van der Waals surface area contributed by atoms with Crippen LogP contribution < -0.4 is 10.6 Å². The van der Waals surface area contributed by atoms with Crippen molar-refractivity contribution in [3.05, 3.63) is 52.3 Å². The van der Waals surface area contributed by atoms with Gasteiger partial charge in [-0.3, -0.25) is 19.1 Å². The first kappa shape index (κ1) is 25.2. The molecule has 2 aromatic rings. The molecule has 2 heterocycles. The summed E-state index contributed by atoms with van der Waals surface area (Å²) in [6.45, 7) is 4.94. The van der Waals surface area contributed by atoms with Crippen LogP contribution in [0, 0.1) is 0 Å². The molecule has 2 aliphatic rings. The van der Waals surface area contributed by atoms with E-state index in [1.165, 1.54) is 10.7 Å². The van der Waals surface area contributed by atoms with Gasteiger partial charge in [0, 0.05) is 30.2 Å². The van der Waals surface area contributed by atoms with Gasteiger partial charge in [-0.05, 0) is 44.2 Å². The molecule has 0 saturated heterocycles. The average Bonchev–Trinajstić information content (AvgIpc) is 3.50. The number of carbonyl (C=O) groups is 3. The maximum Gasteiger partial charge on any atom is 0.273 e. The van der Waals surface area contributed by atoms with Crippen molar-refractivity contribution in [2.24, 2.45) is 0 Å². The van der Waals surface area contributed by atoms with E-state index in [9.17, 15) is 14.4 Å². The number of nitrogens with zero attached hydrogens (tertiary/aromatic N) is 3. The summed E-state index contributed by atoms with van der Waals surface area (Å²) in [6.07, 6.45) is 6.44. The monoisotopic (exact) mass is 499 g/mol. The van der Waals surface area contributed by atoms with E-state index in [0.717, 1.165) is 44.1 Å². The summed E-state index contributed by atoms with van der Waals surface area (Å²) in [7, 11) is 0. The smallest absolute Gasteiger partial charge is 0.273 e. The lowest BCUT2D eigenvalue weighted by molar-refractivity contribution is -0.133. The Morgan fingerprint density at radius 3 is 2.69 bits per heavy atom. The molecule has 3 amide bonds. The van der Waals surface area contributed by atoms with Crippen molar-refractivity contribution in [3.63, 3.8) is 0 Å². The Labute approximate surface area is 211 Å². The molecule has 1 aliphatic heterocycles. The zero-order valence-corrected chi connectivity index (χ0v) is 21.2. The quantitative estimate of drug-likeness (QED) is 0.551. The number of nitrogens with one attached hydrogen (secondary N) is 2. The van der Waals surface area contributed by atoms with E-state index in [-0.39, 0.29) is 36.0 Å². The van der Waals surface area contributed by atoms with Crippen LogP contribution in [0.5, 0.6) is 0 Å². The third-order valence-corrected chi connectivity index (χ3v) is 7.45. The van der Waals surface area contributed by atoms with Crippen molar-refractivity contribution in [2.45, 2.75) is 76.9 Å². The van der Waals surface area contributed by atoms with Gasteiger partial charge >= 0.3 is 0 Å². The Morgan fingerprint density at radius 1 is 1.23 bits per heavy atom. The molecule has 0 bridgehead atoms. The minimum Gasteiger partial charge on any atom is -0.351 e. The number of halogens is 1. The molecule has 0 unspecified atom stereocenters. The van der Waals surface area contributed by atoms with Crippen LogP contribution in [0.1, 0.15) is 78.9 Å². The van der Waals surface area contributed by atoms with E-state index < -0.39 is 5.54 Å². The van der Waals surface area contributed by atoms with E-state index >= 15 is 0 Å². The second-order valence-corrected chi connectivity index (χ2v) is 10.1. The number of benzene rings is 1. The van der Waals surface area contributed by atoms with Gasteiger partial charge in [-0.15, -0.1) is 0 Å². The summed E-state index contributed by atoms with van der Waals surface area (Å²) in [5, 5.41) is 11.1. The van der Waals surface area contributed by atoms with Crippen LogP contribution in [0.15, 0.2) is 30.3 Å². The molecule has 1 saturated carbocycles. The number of fused-ring (bicyclic) bond motifs is 1. The molecule has 0 radical (unpaired) electrons. The minimum absolute atomic E-state index is 0.152. The Kier molecular flexibility index (Phi) is 7.79. The fourth-order valence-electron chi connectivity index (χ4n) is 4.93. The maximum absolute atomic E-state index is 13.5. The van der Waals surface area contributed by atoms with E-state index in [0.29, 0.717) is 30.2 Å². The van der Waals surface area contributed by atoms with Crippen molar-refractivity contribution < 1.29 is 14.4 Å². The maximum atomic E-state index is 13.5. The molecule has 35 heavy (non-hydrogen) atoms. The van der Waals surface area contributed by atoms with Crippen LogP contribution in [0.25, 0.3) is 0 Å². The molecule has 9 heteroatoms. The lowest BCUT2D eigenvalue weighted by Crippen LogP contribution is -2.65. The highest BCUT2D eigenvalue weighted by atomic mass is 35.5. The molecule has 4 rings (SSSR count). The summed E-state index contributed by atoms with van der Waals surface area (Å²) in [6, 6.07) is 9.19. The number of amides is 3. The zero-order valence-electron chi connectivity index (χ0n) is 20.5. The first-order chi connectivity index (χ1) is 16.8. The predicted octanol–water partition coefficient (Wildman–Crippen LogP) is 3.58. The topological polar surface area (TPSA) is 96.3 Å². The number of hydrogen-bond acceptors (Lipinski definition) is 4. The highest BCUT2D eigenvalue weighted by molar-refractivity contribution is 6.31. The normalized spacial score (nSPS) is 20.1. The second-order valence-electron chi connectivity index (χ2n) is 9.71. The van der Waals surface area contributed by atoms with Gasteiger partial charge in [0.05, 0.1) is 6.54 Å². The van der Waals surface area contributed by atoms with Gasteiger partial charge in [0.1, 0.15) is 11.2 Å². The molecule has 8 nitrogen and oxygen atoms in total. The number of unbranched alkanes of at least 4 members (excludes halogenated alkanes) is 1. The van der Waals surface area contributed by atoms with E-state index in [1.54, 1.807) is 11.8 Å². The van der Waals surface area contributed by atoms with E-state index in [2.05, 4.69) is 22.7 Å². The van der Waals surface area contributed by atoms with Crippen LogP contribution in [-0.2, 0) is 17.8 Å². The summed E-state index contributed by atoms with van der Waals surface area (Å²) >= 11 is 6.19. The van der Waals surface area contributed by atoms with E-state index in [4.69, 9.17) is 11.6 Å². The molecule has 1 aliphatic carbocycles. The van der Waals surface area contributed by atoms with Crippen molar-refractivity contribution in [1.82, 2.24) is 25.3 Å². The van der Waals surface area contributed by atoms with Gasteiger partial charge in [0.25, 0.3) is 11.8 Å². The number of aromatic nitrogens is 2. The lowest BCUT2D eigenvalue weighted by atomic mass is 9.94. The third kappa shape index (κ3) is 5.37. The number of carbonyl (C=O) groups excluding carboxylic acids is 3. The lowest BCUT2D eigenvalue weighted by Gasteiger charge is -2.43. The van der Waals surface area contributed by atoms with Crippen LogP contribution >= 0.6 is 11.6 Å². The Bertz CT molecular complexity index is 1090. The summed E-state index contributed by atoms with van der Waals surface area (Å²) in [5.74, 6) is -0.777.